The Kier molecular flexibility index (Phi) is 5.35. The minimum atomic E-state index is 0.0205. The van der Waals surface area contributed by atoms with Crippen LogP contribution >= 0.6 is 0 Å². The van der Waals surface area contributed by atoms with Crippen LogP contribution in [0.2, 0.25) is 0 Å². The molecule has 2 nitrogen and oxygen atoms in total. The molecule has 0 saturated carbocycles. The van der Waals surface area contributed by atoms with E-state index in [4.69, 9.17) is 0 Å². The number of aromatic hydroxyl groups is 2. The highest BCUT2D eigenvalue weighted by Gasteiger charge is 2.22. The van der Waals surface area contributed by atoms with Crippen LogP contribution in [0.1, 0.15) is 65.5 Å². The molecule has 0 amide bonds. The Bertz CT molecular complexity index is 644. The topological polar surface area (TPSA) is 40.5 Å². The molecule has 0 fully saturated rings. The van der Waals surface area contributed by atoms with Crippen LogP contribution < -0.4 is 0 Å². The first-order chi connectivity index (χ1) is 10.8. The van der Waals surface area contributed by atoms with Gasteiger partial charge in [0.15, 0.2) is 0 Å². The molecule has 0 aliphatic carbocycles. The van der Waals surface area contributed by atoms with Crippen molar-refractivity contribution < 1.29 is 10.2 Å². The molecule has 0 saturated heterocycles. The van der Waals surface area contributed by atoms with E-state index in [0.717, 1.165) is 52.6 Å². The number of hydrogen-bond donors (Lipinski definition) is 2. The zero-order chi connectivity index (χ0) is 17.1. The third kappa shape index (κ3) is 3.69. The molecule has 23 heavy (non-hydrogen) atoms. The maximum Gasteiger partial charge on any atom is 0.122 e. The van der Waals surface area contributed by atoms with E-state index in [1.165, 1.54) is 0 Å². The van der Waals surface area contributed by atoms with Crippen LogP contribution in [0.25, 0.3) is 0 Å². The summed E-state index contributed by atoms with van der Waals surface area (Å²) in [5.41, 5.74) is 5.92. The van der Waals surface area contributed by atoms with Crippen molar-refractivity contribution in [2.45, 2.75) is 59.8 Å². The molecular weight excluding hydrogens is 284 g/mol. The van der Waals surface area contributed by atoms with E-state index in [1.54, 1.807) is 0 Å². The lowest BCUT2D eigenvalue weighted by atomic mass is 9.83. The maximum atomic E-state index is 10.6. The van der Waals surface area contributed by atoms with Crippen LogP contribution in [-0.4, -0.2) is 10.2 Å². The fraction of sp³-hybridized carbons (Fsp3) is 0.429. The van der Waals surface area contributed by atoms with Gasteiger partial charge >= 0.3 is 0 Å². The second-order valence-electron chi connectivity index (χ2n) is 6.73. The first-order valence-corrected chi connectivity index (χ1v) is 8.45. The third-order valence-electron chi connectivity index (χ3n) is 4.55. The molecule has 0 aliphatic heterocycles. The summed E-state index contributed by atoms with van der Waals surface area (Å²) in [5.74, 6) is 0.734. The van der Waals surface area contributed by atoms with E-state index in [0.29, 0.717) is 11.5 Å². The Morgan fingerprint density at radius 3 is 1.61 bits per heavy atom. The summed E-state index contributed by atoms with van der Waals surface area (Å²) in [7, 11) is 0. The fourth-order valence-electron chi connectivity index (χ4n) is 3.40. The standard InChI is InChI=1S/C21H28O2/c1-6-7-8-17(18-11-13(2)9-15(4)20(18)22)19-12-14(3)10-16(5)21(19)23/h9-12,17,22-23H,6-8H2,1-5H3. The zero-order valence-electron chi connectivity index (χ0n) is 14.9. The van der Waals surface area contributed by atoms with Gasteiger partial charge in [-0.2, -0.15) is 0 Å². The number of unbranched alkanes of at least 4 members (excludes halogenated alkanes) is 1. The van der Waals surface area contributed by atoms with Gasteiger partial charge in [-0.3, -0.25) is 0 Å². The average molecular weight is 312 g/mol. The number of aryl methyl sites for hydroxylation is 4. The predicted octanol–water partition coefficient (Wildman–Crippen LogP) is 5.65. The minimum absolute atomic E-state index is 0.0205. The Hall–Kier alpha value is -1.96. The number of phenols is 2. The molecule has 2 aromatic carbocycles. The summed E-state index contributed by atoms with van der Waals surface area (Å²) >= 11 is 0. The quantitative estimate of drug-likeness (QED) is 0.748. The van der Waals surface area contributed by atoms with Crippen LogP contribution in [0.15, 0.2) is 24.3 Å². The van der Waals surface area contributed by atoms with Crippen molar-refractivity contribution in [1.29, 1.82) is 0 Å². The molecule has 0 radical (unpaired) electrons. The zero-order valence-corrected chi connectivity index (χ0v) is 14.9. The predicted molar refractivity (Wildman–Crippen MR) is 96.5 cm³/mol. The normalized spacial score (nSPS) is 11.2. The molecule has 2 rings (SSSR count). The highest BCUT2D eigenvalue weighted by Crippen LogP contribution is 2.42. The van der Waals surface area contributed by atoms with E-state index < -0.39 is 0 Å². The molecule has 0 spiro atoms. The van der Waals surface area contributed by atoms with Crippen molar-refractivity contribution in [2.24, 2.45) is 0 Å². The van der Waals surface area contributed by atoms with Crippen molar-refractivity contribution >= 4 is 0 Å². The van der Waals surface area contributed by atoms with Crippen LogP contribution in [0.5, 0.6) is 11.5 Å². The van der Waals surface area contributed by atoms with Gasteiger partial charge in [-0.15, -0.1) is 0 Å². The van der Waals surface area contributed by atoms with Crippen LogP contribution in [0, 0.1) is 27.7 Å². The van der Waals surface area contributed by atoms with Gasteiger partial charge in [0.25, 0.3) is 0 Å². The van der Waals surface area contributed by atoms with Crippen molar-refractivity contribution in [3.63, 3.8) is 0 Å². The molecule has 0 heterocycles. The van der Waals surface area contributed by atoms with Crippen LogP contribution in [0.3, 0.4) is 0 Å². The summed E-state index contributed by atoms with van der Waals surface area (Å²) in [6.07, 6.45) is 3.07. The summed E-state index contributed by atoms with van der Waals surface area (Å²) in [5, 5.41) is 21.2. The monoisotopic (exact) mass is 312 g/mol. The maximum absolute atomic E-state index is 10.6. The van der Waals surface area contributed by atoms with Gasteiger partial charge in [0.05, 0.1) is 0 Å². The molecule has 0 atom stereocenters. The second kappa shape index (κ2) is 7.08. The van der Waals surface area contributed by atoms with Gasteiger partial charge in [0.1, 0.15) is 11.5 Å². The van der Waals surface area contributed by atoms with Gasteiger partial charge in [0, 0.05) is 17.0 Å². The molecule has 2 N–H and O–H groups in total. The van der Waals surface area contributed by atoms with Crippen LogP contribution in [0.4, 0.5) is 0 Å². The summed E-state index contributed by atoms with van der Waals surface area (Å²) in [6, 6.07) is 8.10. The second-order valence-corrected chi connectivity index (χ2v) is 6.73. The lowest BCUT2D eigenvalue weighted by molar-refractivity contribution is 0.444. The third-order valence-corrected chi connectivity index (χ3v) is 4.55. The number of benzene rings is 2. The molecule has 0 aliphatic rings. The number of hydrogen-bond acceptors (Lipinski definition) is 2. The summed E-state index contributed by atoms with van der Waals surface area (Å²) < 4.78 is 0. The van der Waals surface area contributed by atoms with Gasteiger partial charge in [-0.05, 0) is 45.2 Å². The Labute approximate surface area is 139 Å². The van der Waals surface area contributed by atoms with E-state index in [-0.39, 0.29) is 5.92 Å². The molecule has 2 aromatic rings. The highest BCUT2D eigenvalue weighted by atomic mass is 16.3. The smallest absolute Gasteiger partial charge is 0.122 e. The SMILES string of the molecule is CCCCC(c1cc(C)cc(C)c1O)c1cc(C)cc(C)c1O. The molecular formula is C21H28O2. The first-order valence-electron chi connectivity index (χ1n) is 8.45. The van der Waals surface area contributed by atoms with Crippen LogP contribution in [-0.2, 0) is 0 Å². The molecule has 0 aromatic heterocycles. The van der Waals surface area contributed by atoms with E-state index in [9.17, 15) is 10.2 Å². The Balaban J connectivity index is 2.63. The number of phenolic OH excluding ortho intramolecular Hbond substituents is 2. The van der Waals surface area contributed by atoms with Crippen molar-refractivity contribution in [3.05, 3.63) is 57.6 Å². The van der Waals surface area contributed by atoms with Gasteiger partial charge < -0.3 is 10.2 Å². The van der Waals surface area contributed by atoms with E-state index in [1.807, 2.05) is 39.8 Å². The lowest BCUT2D eigenvalue weighted by Gasteiger charge is -2.23. The van der Waals surface area contributed by atoms with Crippen molar-refractivity contribution in [1.82, 2.24) is 0 Å². The van der Waals surface area contributed by atoms with Gasteiger partial charge in [-0.25, -0.2) is 0 Å². The van der Waals surface area contributed by atoms with E-state index >= 15 is 0 Å². The Morgan fingerprint density at radius 1 is 0.783 bits per heavy atom. The summed E-state index contributed by atoms with van der Waals surface area (Å²) in [6.45, 7) is 10.1. The van der Waals surface area contributed by atoms with Gasteiger partial charge in [0.2, 0.25) is 0 Å². The van der Waals surface area contributed by atoms with E-state index in [2.05, 4.69) is 19.1 Å². The minimum Gasteiger partial charge on any atom is -0.507 e. The molecule has 0 bridgehead atoms. The lowest BCUT2D eigenvalue weighted by Crippen LogP contribution is -2.05. The molecule has 0 unspecified atom stereocenters. The molecule has 124 valence electrons. The first kappa shape index (κ1) is 17.4. The fourth-order valence-corrected chi connectivity index (χ4v) is 3.40. The van der Waals surface area contributed by atoms with Crippen molar-refractivity contribution in [3.8, 4) is 11.5 Å². The Morgan fingerprint density at radius 2 is 1.22 bits per heavy atom. The van der Waals surface area contributed by atoms with Crippen molar-refractivity contribution in [2.75, 3.05) is 0 Å². The van der Waals surface area contributed by atoms with Gasteiger partial charge in [-0.1, -0.05) is 55.2 Å². The molecule has 2 heteroatoms. The summed E-state index contributed by atoms with van der Waals surface area (Å²) in [4.78, 5) is 0. The average Bonchev–Trinajstić information content (AvgIpc) is 2.48. The highest BCUT2D eigenvalue weighted by molar-refractivity contribution is 5.53. The number of rotatable bonds is 5. The largest absolute Gasteiger partial charge is 0.507 e.